The summed E-state index contributed by atoms with van der Waals surface area (Å²) in [5.74, 6) is 3.63. The lowest BCUT2D eigenvalue weighted by molar-refractivity contribution is -0.121. The number of primary amides is 1. The van der Waals surface area contributed by atoms with Crippen LogP contribution in [0.1, 0.15) is 13.8 Å². The molecule has 0 saturated heterocycles. The van der Waals surface area contributed by atoms with Crippen molar-refractivity contribution >= 4 is 17.7 Å². The van der Waals surface area contributed by atoms with E-state index in [1.807, 2.05) is 0 Å². The van der Waals surface area contributed by atoms with Crippen molar-refractivity contribution in [3.8, 4) is 0 Å². The molecule has 0 aliphatic carbocycles. The second-order valence-electron chi connectivity index (χ2n) is 3.65. The number of carbonyl (C=O) groups excluding carboxylic acids is 1. The Morgan fingerprint density at radius 2 is 2.19 bits per heavy atom. The molecule has 0 aromatic carbocycles. The smallest absolute Gasteiger partial charge is 0.242 e. The third kappa shape index (κ3) is 2.54. The van der Waals surface area contributed by atoms with Gasteiger partial charge >= 0.3 is 0 Å². The Hall–Kier alpha value is -1.96. The zero-order valence-corrected chi connectivity index (χ0v) is 8.91. The monoisotopic (exact) mass is 228 g/mol. The molecule has 0 unspecified atom stereocenters. The predicted octanol–water partition coefficient (Wildman–Crippen LogP) is -0.423. The molecular weight excluding hydrogens is 215 g/mol. The van der Waals surface area contributed by atoms with Crippen LogP contribution >= 0.6 is 0 Å². The molecule has 0 atom stereocenters. The molecule has 0 radical (unpaired) electrons. The molecule has 1 aromatic rings. The molecule has 7 nitrogen and oxygen atoms in total. The van der Waals surface area contributed by atoms with Gasteiger partial charge < -0.3 is 11.1 Å². The summed E-state index contributed by atoms with van der Waals surface area (Å²) in [5, 5.41) is 2.56. The maximum absolute atomic E-state index is 13.3. The summed E-state index contributed by atoms with van der Waals surface area (Å²) in [6, 6.07) is 0. The maximum atomic E-state index is 13.3. The second-order valence-corrected chi connectivity index (χ2v) is 3.65. The fraction of sp³-hybridized carbons (Fsp3) is 0.375. The molecule has 1 aromatic heterocycles. The summed E-state index contributed by atoms with van der Waals surface area (Å²) >= 11 is 0. The van der Waals surface area contributed by atoms with Crippen molar-refractivity contribution < 1.29 is 9.18 Å². The highest BCUT2D eigenvalue weighted by molar-refractivity contribution is 5.86. The summed E-state index contributed by atoms with van der Waals surface area (Å²) < 4.78 is 13.3. The van der Waals surface area contributed by atoms with Gasteiger partial charge in [-0.3, -0.25) is 10.2 Å². The number of nitrogens with zero attached hydrogens (tertiary/aromatic N) is 2. The highest BCUT2D eigenvalue weighted by Gasteiger charge is 2.26. The summed E-state index contributed by atoms with van der Waals surface area (Å²) in [5.41, 5.74) is 6.17. The van der Waals surface area contributed by atoms with Crippen LogP contribution in [0, 0.1) is 5.82 Å². The Morgan fingerprint density at radius 3 is 2.69 bits per heavy atom. The van der Waals surface area contributed by atoms with Crippen molar-refractivity contribution in [2.45, 2.75) is 19.4 Å². The van der Waals surface area contributed by atoms with Crippen molar-refractivity contribution in [3.63, 3.8) is 0 Å². The zero-order chi connectivity index (χ0) is 12.3. The van der Waals surface area contributed by atoms with Crippen molar-refractivity contribution in [2.75, 3.05) is 10.7 Å². The SMILES string of the molecule is CC(C)(Nc1nc(NN)ncc1F)C(N)=O. The fourth-order valence-electron chi connectivity index (χ4n) is 0.882. The first-order valence-electron chi connectivity index (χ1n) is 4.44. The van der Waals surface area contributed by atoms with Gasteiger partial charge in [0.25, 0.3) is 0 Å². The van der Waals surface area contributed by atoms with E-state index < -0.39 is 17.3 Å². The van der Waals surface area contributed by atoms with Crippen LogP contribution in [-0.2, 0) is 4.79 Å². The molecule has 16 heavy (non-hydrogen) atoms. The first-order chi connectivity index (χ1) is 7.36. The Bertz CT molecular complexity index is 408. The average Bonchev–Trinajstić information content (AvgIpc) is 2.21. The third-order valence-electron chi connectivity index (χ3n) is 1.92. The Balaban J connectivity index is 3.00. The molecule has 1 amide bonds. The third-order valence-corrected chi connectivity index (χ3v) is 1.92. The van der Waals surface area contributed by atoms with E-state index in [0.717, 1.165) is 6.20 Å². The van der Waals surface area contributed by atoms with Crippen LogP contribution < -0.4 is 22.3 Å². The molecular formula is C8H13FN6O. The molecule has 0 spiro atoms. The van der Waals surface area contributed by atoms with Gasteiger partial charge in [0.05, 0.1) is 6.20 Å². The molecule has 1 rings (SSSR count). The molecule has 0 bridgehead atoms. The second kappa shape index (κ2) is 4.27. The fourth-order valence-corrected chi connectivity index (χ4v) is 0.882. The topological polar surface area (TPSA) is 119 Å². The average molecular weight is 228 g/mol. The van der Waals surface area contributed by atoms with E-state index in [4.69, 9.17) is 11.6 Å². The minimum absolute atomic E-state index is 0.0316. The van der Waals surface area contributed by atoms with Crippen LogP contribution in [0.5, 0.6) is 0 Å². The number of nitrogens with two attached hydrogens (primary N) is 2. The zero-order valence-electron chi connectivity index (χ0n) is 8.91. The first-order valence-corrected chi connectivity index (χ1v) is 4.44. The van der Waals surface area contributed by atoms with Gasteiger partial charge in [0, 0.05) is 0 Å². The number of hydrogen-bond acceptors (Lipinski definition) is 6. The lowest BCUT2D eigenvalue weighted by Crippen LogP contribution is -2.45. The van der Waals surface area contributed by atoms with Crippen molar-refractivity contribution in [1.82, 2.24) is 9.97 Å². The Labute approximate surface area is 91.4 Å². The number of aromatic nitrogens is 2. The summed E-state index contributed by atoms with van der Waals surface area (Å²) in [6.45, 7) is 3.01. The minimum Gasteiger partial charge on any atom is -0.368 e. The molecule has 6 N–H and O–H groups in total. The van der Waals surface area contributed by atoms with Crippen LogP contribution in [0.4, 0.5) is 16.2 Å². The molecule has 8 heteroatoms. The van der Waals surface area contributed by atoms with Gasteiger partial charge in [-0.1, -0.05) is 0 Å². The van der Waals surface area contributed by atoms with Crippen LogP contribution in [0.2, 0.25) is 0 Å². The van der Waals surface area contributed by atoms with E-state index >= 15 is 0 Å². The van der Waals surface area contributed by atoms with Gasteiger partial charge in [0.2, 0.25) is 11.9 Å². The van der Waals surface area contributed by atoms with Crippen LogP contribution in [-0.4, -0.2) is 21.4 Å². The number of rotatable bonds is 4. The van der Waals surface area contributed by atoms with Gasteiger partial charge in [-0.15, -0.1) is 0 Å². The van der Waals surface area contributed by atoms with E-state index in [0.29, 0.717) is 0 Å². The summed E-state index contributed by atoms with van der Waals surface area (Å²) in [7, 11) is 0. The quantitative estimate of drug-likeness (QED) is 0.410. The maximum Gasteiger partial charge on any atom is 0.242 e. The summed E-state index contributed by atoms with van der Waals surface area (Å²) in [6.07, 6.45) is 0.932. The number of halogens is 1. The predicted molar refractivity (Wildman–Crippen MR) is 56.7 cm³/mol. The molecule has 0 fully saturated rings. The van der Waals surface area contributed by atoms with Crippen molar-refractivity contribution in [2.24, 2.45) is 11.6 Å². The standard InChI is InChI=1S/C8H13FN6O/c1-8(2,6(10)16)14-5-4(9)3-12-7(13-5)15-11/h3H,11H2,1-2H3,(H2,10,16)(H2,12,13,14,15). The first kappa shape index (κ1) is 12.1. The Morgan fingerprint density at radius 1 is 1.56 bits per heavy atom. The van der Waals surface area contributed by atoms with E-state index in [1.165, 1.54) is 13.8 Å². The number of nitrogens with one attached hydrogen (secondary N) is 2. The summed E-state index contributed by atoms with van der Waals surface area (Å²) in [4.78, 5) is 18.3. The number of hydrogen-bond donors (Lipinski definition) is 4. The highest BCUT2D eigenvalue weighted by atomic mass is 19.1. The molecule has 0 aliphatic heterocycles. The number of hydrazine groups is 1. The van der Waals surface area contributed by atoms with E-state index in [9.17, 15) is 9.18 Å². The molecule has 0 aliphatic rings. The van der Waals surface area contributed by atoms with Gasteiger partial charge in [-0.25, -0.2) is 15.2 Å². The van der Waals surface area contributed by atoms with E-state index in [-0.39, 0.29) is 11.8 Å². The van der Waals surface area contributed by atoms with Crippen molar-refractivity contribution in [1.29, 1.82) is 0 Å². The van der Waals surface area contributed by atoms with Crippen LogP contribution in [0.25, 0.3) is 0 Å². The highest BCUT2D eigenvalue weighted by Crippen LogP contribution is 2.16. The number of nitrogen functional groups attached to an aromatic ring is 1. The van der Waals surface area contributed by atoms with Crippen molar-refractivity contribution in [3.05, 3.63) is 12.0 Å². The normalized spacial score (nSPS) is 11.0. The Kier molecular flexibility index (Phi) is 3.23. The van der Waals surface area contributed by atoms with E-state index in [1.54, 1.807) is 0 Å². The lowest BCUT2D eigenvalue weighted by Gasteiger charge is -2.23. The van der Waals surface area contributed by atoms with Gasteiger partial charge in [0.1, 0.15) is 5.54 Å². The van der Waals surface area contributed by atoms with Gasteiger partial charge in [-0.2, -0.15) is 4.98 Å². The van der Waals surface area contributed by atoms with Gasteiger partial charge in [0.15, 0.2) is 11.6 Å². The largest absolute Gasteiger partial charge is 0.368 e. The number of carbonyl (C=O) groups is 1. The number of anilines is 2. The lowest BCUT2D eigenvalue weighted by atomic mass is 10.1. The number of amides is 1. The van der Waals surface area contributed by atoms with Crippen LogP contribution in [0.15, 0.2) is 6.20 Å². The van der Waals surface area contributed by atoms with Gasteiger partial charge in [-0.05, 0) is 13.8 Å². The molecule has 88 valence electrons. The minimum atomic E-state index is -1.12. The van der Waals surface area contributed by atoms with Crippen LogP contribution in [0.3, 0.4) is 0 Å². The van der Waals surface area contributed by atoms with E-state index in [2.05, 4.69) is 20.7 Å². The molecule has 0 saturated carbocycles. The molecule has 1 heterocycles.